The lowest BCUT2D eigenvalue weighted by molar-refractivity contribution is 0.270. The molecule has 5 rings (SSSR count). The quantitative estimate of drug-likeness (QED) is 0.444. The van der Waals surface area contributed by atoms with Crippen molar-refractivity contribution in [2.45, 2.75) is 13.8 Å². The van der Waals surface area contributed by atoms with Crippen LogP contribution in [-0.4, -0.2) is 62.5 Å². The van der Waals surface area contributed by atoms with Gasteiger partial charge in [-0.3, -0.25) is 9.78 Å². The van der Waals surface area contributed by atoms with Crippen LogP contribution in [0.5, 0.6) is 0 Å². The van der Waals surface area contributed by atoms with E-state index in [9.17, 15) is 4.79 Å². The highest BCUT2D eigenvalue weighted by molar-refractivity contribution is 7.22. The Kier molecular flexibility index (Phi) is 6.87. The number of thiazole rings is 1. The van der Waals surface area contributed by atoms with Crippen LogP contribution in [0.25, 0.3) is 21.5 Å². The van der Waals surface area contributed by atoms with E-state index in [1.807, 2.05) is 31.2 Å². The molecule has 0 spiro atoms. The van der Waals surface area contributed by atoms with Crippen molar-refractivity contribution < 1.29 is 0 Å². The molecule has 4 heterocycles. The molecule has 0 saturated carbocycles. The van der Waals surface area contributed by atoms with Gasteiger partial charge < -0.3 is 15.1 Å². The van der Waals surface area contributed by atoms with Crippen molar-refractivity contribution in [1.82, 2.24) is 29.8 Å². The van der Waals surface area contributed by atoms with Gasteiger partial charge in [-0.05, 0) is 25.6 Å². The van der Waals surface area contributed by atoms with E-state index in [1.54, 1.807) is 6.20 Å². The van der Waals surface area contributed by atoms with Crippen molar-refractivity contribution in [2.24, 2.45) is 0 Å². The summed E-state index contributed by atoms with van der Waals surface area (Å²) in [5, 5.41) is 3.79. The molecule has 0 aliphatic carbocycles. The highest BCUT2D eigenvalue weighted by Crippen LogP contribution is 2.28. The third kappa shape index (κ3) is 4.97. The summed E-state index contributed by atoms with van der Waals surface area (Å²) < 4.78 is 1.06. The molecule has 11 heteroatoms. The summed E-state index contributed by atoms with van der Waals surface area (Å²) in [6.45, 7) is 9.01. The number of anilines is 3. The first-order chi connectivity index (χ1) is 15.6. The number of aromatic nitrogens is 5. The zero-order valence-corrected chi connectivity index (χ0v) is 20.0. The lowest BCUT2D eigenvalue weighted by atomic mass is 10.2. The van der Waals surface area contributed by atoms with Gasteiger partial charge in [-0.2, -0.15) is 0 Å². The molecule has 1 saturated heterocycles. The molecular formula is C22H25ClN8OS. The van der Waals surface area contributed by atoms with Crippen molar-refractivity contribution in [2.75, 3.05) is 42.9 Å². The van der Waals surface area contributed by atoms with Gasteiger partial charge in [-0.25, -0.2) is 19.9 Å². The molecule has 0 bridgehead atoms. The zero-order chi connectivity index (χ0) is 22.1. The standard InChI is InChI=1S/C22H24N8OS.ClH/c1-3-29-8-10-30(11-9-29)21-23-13-15(14(2)24-21)17-12-19(31)27-20(25-17)28-22-26-16-6-4-5-7-18(16)32-22;/h4-7,12-13H,3,8-11H2,1-2H3,(H2,25,26,27,28,31);1H. The molecule has 0 atom stereocenters. The van der Waals surface area contributed by atoms with Gasteiger partial charge in [-0.15, -0.1) is 12.4 Å². The first-order valence-electron chi connectivity index (χ1n) is 10.6. The Labute approximate surface area is 201 Å². The number of halogens is 1. The van der Waals surface area contributed by atoms with Crippen molar-refractivity contribution >= 4 is 51.0 Å². The summed E-state index contributed by atoms with van der Waals surface area (Å²) in [6.07, 6.45) is 1.76. The Hall–Kier alpha value is -3.08. The van der Waals surface area contributed by atoms with Crippen molar-refractivity contribution in [3.63, 3.8) is 0 Å². The normalized spacial score (nSPS) is 14.3. The number of benzene rings is 1. The van der Waals surface area contributed by atoms with Crippen molar-refractivity contribution in [3.05, 3.63) is 52.6 Å². The summed E-state index contributed by atoms with van der Waals surface area (Å²) >= 11 is 1.50. The van der Waals surface area contributed by atoms with Crippen molar-refractivity contribution in [1.29, 1.82) is 0 Å². The molecule has 1 fully saturated rings. The smallest absolute Gasteiger partial charge is 0.252 e. The monoisotopic (exact) mass is 484 g/mol. The summed E-state index contributed by atoms with van der Waals surface area (Å²) in [7, 11) is 0. The molecule has 1 aliphatic rings. The number of rotatable bonds is 5. The minimum Gasteiger partial charge on any atom is -0.338 e. The number of hydrogen-bond donors (Lipinski definition) is 2. The molecule has 0 unspecified atom stereocenters. The van der Waals surface area contributed by atoms with E-state index in [0.717, 1.165) is 60.1 Å². The van der Waals surface area contributed by atoms with Gasteiger partial charge >= 0.3 is 0 Å². The summed E-state index contributed by atoms with van der Waals surface area (Å²) in [4.78, 5) is 38.1. The summed E-state index contributed by atoms with van der Waals surface area (Å²) in [6, 6.07) is 9.35. The molecule has 0 radical (unpaired) electrons. The van der Waals surface area contributed by atoms with Crippen LogP contribution in [0.1, 0.15) is 12.6 Å². The van der Waals surface area contributed by atoms with Crippen LogP contribution in [0.3, 0.4) is 0 Å². The number of nitrogens with zero attached hydrogens (tertiary/aromatic N) is 6. The van der Waals surface area contributed by atoms with Crippen molar-refractivity contribution in [3.8, 4) is 11.3 Å². The van der Waals surface area contributed by atoms with Crippen LogP contribution in [0.15, 0.2) is 41.3 Å². The van der Waals surface area contributed by atoms with E-state index in [2.05, 4.69) is 42.0 Å². The van der Waals surface area contributed by atoms with E-state index in [0.29, 0.717) is 16.8 Å². The average Bonchev–Trinajstić information content (AvgIpc) is 3.21. The Morgan fingerprint density at radius 1 is 1.12 bits per heavy atom. The van der Waals surface area contributed by atoms with Crippen LogP contribution in [0.4, 0.5) is 17.0 Å². The summed E-state index contributed by atoms with van der Waals surface area (Å²) in [5.41, 5.74) is 2.70. The molecule has 2 N–H and O–H groups in total. The minimum atomic E-state index is -0.252. The largest absolute Gasteiger partial charge is 0.338 e. The SMILES string of the molecule is CCN1CCN(c2ncc(-c3cc(=O)[nH]c(Nc4nc5ccccc5s4)n3)c(C)n2)CC1.Cl. The first-order valence-corrected chi connectivity index (χ1v) is 11.5. The Balaban J connectivity index is 0.00000259. The summed E-state index contributed by atoms with van der Waals surface area (Å²) in [5.74, 6) is 1.06. The fourth-order valence-corrected chi connectivity index (χ4v) is 4.67. The predicted molar refractivity (Wildman–Crippen MR) is 135 cm³/mol. The number of likely N-dealkylation sites (N-methyl/N-ethyl adjacent to an activating group) is 1. The average molecular weight is 485 g/mol. The highest BCUT2D eigenvalue weighted by atomic mass is 35.5. The maximum atomic E-state index is 12.3. The second-order valence-corrected chi connectivity index (χ2v) is 8.71. The Bertz CT molecular complexity index is 1280. The van der Waals surface area contributed by atoms with Crippen LogP contribution < -0.4 is 15.8 Å². The lowest BCUT2D eigenvalue weighted by Gasteiger charge is -2.34. The predicted octanol–water partition coefficient (Wildman–Crippen LogP) is 3.45. The molecule has 172 valence electrons. The maximum absolute atomic E-state index is 12.3. The van der Waals surface area contributed by atoms with E-state index >= 15 is 0 Å². The third-order valence-electron chi connectivity index (χ3n) is 5.61. The molecular weight excluding hydrogens is 460 g/mol. The van der Waals surface area contributed by atoms with E-state index in [4.69, 9.17) is 4.98 Å². The second kappa shape index (κ2) is 9.82. The highest BCUT2D eigenvalue weighted by Gasteiger charge is 2.19. The lowest BCUT2D eigenvalue weighted by Crippen LogP contribution is -2.46. The van der Waals surface area contributed by atoms with Gasteiger partial charge in [0.15, 0.2) is 5.13 Å². The number of aryl methyl sites for hydroxylation is 1. The zero-order valence-electron chi connectivity index (χ0n) is 18.4. The molecule has 33 heavy (non-hydrogen) atoms. The van der Waals surface area contributed by atoms with Crippen LogP contribution >= 0.6 is 23.7 Å². The molecule has 1 aromatic carbocycles. The number of aromatic amines is 1. The first kappa shape index (κ1) is 23.1. The topological polar surface area (TPSA) is 103 Å². The van der Waals surface area contributed by atoms with E-state index in [-0.39, 0.29) is 18.0 Å². The number of hydrogen-bond acceptors (Lipinski definition) is 9. The molecule has 9 nitrogen and oxygen atoms in total. The Morgan fingerprint density at radius 3 is 2.64 bits per heavy atom. The molecule has 1 aliphatic heterocycles. The fourth-order valence-electron chi connectivity index (χ4n) is 3.80. The van der Waals surface area contributed by atoms with Gasteiger partial charge in [0.1, 0.15) is 0 Å². The van der Waals surface area contributed by atoms with E-state index < -0.39 is 0 Å². The van der Waals surface area contributed by atoms with Gasteiger partial charge in [-0.1, -0.05) is 30.4 Å². The third-order valence-corrected chi connectivity index (χ3v) is 6.56. The number of H-pyrrole nitrogens is 1. The maximum Gasteiger partial charge on any atom is 0.252 e. The van der Waals surface area contributed by atoms with E-state index in [1.165, 1.54) is 17.4 Å². The van der Waals surface area contributed by atoms with Crippen LogP contribution in [0.2, 0.25) is 0 Å². The minimum absolute atomic E-state index is 0. The van der Waals surface area contributed by atoms with Crippen LogP contribution in [0, 0.1) is 6.92 Å². The Morgan fingerprint density at radius 2 is 1.91 bits per heavy atom. The number of nitrogens with one attached hydrogen (secondary N) is 2. The fraction of sp³-hybridized carbons (Fsp3) is 0.318. The number of piperazine rings is 1. The molecule has 3 aromatic heterocycles. The van der Waals surface area contributed by atoms with Gasteiger partial charge in [0.2, 0.25) is 11.9 Å². The number of para-hydroxylation sites is 1. The molecule has 4 aromatic rings. The van der Waals surface area contributed by atoms with Gasteiger partial charge in [0.05, 0.1) is 21.6 Å². The number of fused-ring (bicyclic) bond motifs is 1. The second-order valence-electron chi connectivity index (χ2n) is 7.68. The van der Waals surface area contributed by atoms with Gasteiger partial charge in [0.25, 0.3) is 5.56 Å². The van der Waals surface area contributed by atoms with Crippen LogP contribution in [-0.2, 0) is 0 Å². The molecule has 0 amide bonds. The van der Waals surface area contributed by atoms with Gasteiger partial charge in [0, 0.05) is 44.0 Å².